The van der Waals surface area contributed by atoms with Crippen molar-refractivity contribution in [2.45, 2.75) is 25.4 Å². The molecule has 1 unspecified atom stereocenters. The molecule has 0 fully saturated rings. The summed E-state index contributed by atoms with van der Waals surface area (Å²) in [5, 5.41) is 11.6. The van der Waals surface area contributed by atoms with Crippen molar-refractivity contribution in [1.82, 2.24) is 5.32 Å². The number of carbonyl (C=O) groups is 2. The molecule has 0 radical (unpaired) electrons. The third-order valence-electron chi connectivity index (χ3n) is 2.01. The van der Waals surface area contributed by atoms with E-state index in [9.17, 15) is 14.7 Å². The van der Waals surface area contributed by atoms with Gasteiger partial charge in [0.2, 0.25) is 0 Å². The van der Waals surface area contributed by atoms with Gasteiger partial charge in [0.1, 0.15) is 0 Å². The van der Waals surface area contributed by atoms with Crippen molar-refractivity contribution in [3.05, 3.63) is 11.6 Å². The third kappa shape index (κ3) is 2.82. The Balaban J connectivity index is 2.44. The predicted octanol–water partition coefficient (Wildman–Crippen LogP) is 0.339. The lowest BCUT2D eigenvalue weighted by atomic mass is 10.0. The van der Waals surface area contributed by atoms with E-state index in [4.69, 9.17) is 11.6 Å². The first-order chi connectivity index (χ1) is 6.65. The van der Waals surface area contributed by atoms with Crippen molar-refractivity contribution in [3.63, 3.8) is 0 Å². The number of halogens is 1. The molecule has 0 saturated carbocycles. The zero-order valence-corrected chi connectivity index (χ0v) is 8.38. The maximum Gasteiger partial charge on any atom is 0.256 e. The lowest BCUT2D eigenvalue weighted by molar-refractivity contribution is -0.124. The molecule has 2 amide bonds. The summed E-state index contributed by atoms with van der Waals surface area (Å²) in [5.41, 5.74) is 0.157. The van der Waals surface area contributed by atoms with Crippen LogP contribution in [0.3, 0.4) is 0 Å². The van der Waals surface area contributed by atoms with Crippen LogP contribution in [0, 0.1) is 0 Å². The van der Waals surface area contributed by atoms with Gasteiger partial charge in [-0.25, -0.2) is 0 Å². The fourth-order valence-corrected chi connectivity index (χ4v) is 1.45. The minimum absolute atomic E-state index is 0.157. The molecule has 1 aliphatic rings. The zero-order chi connectivity index (χ0) is 10.6. The average Bonchev–Trinajstić information content (AvgIpc) is 2.45. The molecule has 4 nitrogen and oxygen atoms in total. The number of nitrogens with one attached hydrogen (secondary N) is 1. The normalized spacial score (nSPS) is 18.0. The number of imide groups is 1. The Morgan fingerprint density at radius 3 is 2.64 bits per heavy atom. The summed E-state index contributed by atoms with van der Waals surface area (Å²) in [6, 6.07) is 0. The highest BCUT2D eigenvalue weighted by atomic mass is 35.5. The van der Waals surface area contributed by atoms with Gasteiger partial charge in [0.25, 0.3) is 11.8 Å². The Hall–Kier alpha value is -0.870. The number of alkyl halides is 1. The van der Waals surface area contributed by atoms with Gasteiger partial charge in [0, 0.05) is 12.0 Å². The Morgan fingerprint density at radius 2 is 2.14 bits per heavy atom. The number of rotatable bonds is 5. The summed E-state index contributed by atoms with van der Waals surface area (Å²) >= 11 is 5.47. The van der Waals surface area contributed by atoms with Crippen LogP contribution in [0.1, 0.15) is 19.3 Å². The summed E-state index contributed by atoms with van der Waals surface area (Å²) < 4.78 is 0. The minimum atomic E-state index is -0.857. The maximum atomic E-state index is 11.1. The van der Waals surface area contributed by atoms with E-state index in [1.54, 1.807) is 0 Å². The van der Waals surface area contributed by atoms with Crippen LogP contribution in [0.15, 0.2) is 11.6 Å². The van der Waals surface area contributed by atoms with E-state index in [1.807, 2.05) is 0 Å². The van der Waals surface area contributed by atoms with Crippen LogP contribution in [0.25, 0.3) is 0 Å². The van der Waals surface area contributed by atoms with Crippen LogP contribution in [0.5, 0.6) is 0 Å². The van der Waals surface area contributed by atoms with Crippen molar-refractivity contribution >= 4 is 23.4 Å². The number of carbonyl (C=O) groups excluding carboxylic acids is 2. The van der Waals surface area contributed by atoms with Crippen LogP contribution < -0.4 is 5.32 Å². The fourth-order valence-electron chi connectivity index (χ4n) is 1.26. The third-order valence-corrected chi connectivity index (χ3v) is 2.27. The van der Waals surface area contributed by atoms with E-state index in [0.717, 1.165) is 18.9 Å². The van der Waals surface area contributed by atoms with Crippen molar-refractivity contribution in [2.24, 2.45) is 0 Å². The molecule has 0 aromatic rings. The highest BCUT2D eigenvalue weighted by Crippen LogP contribution is 2.13. The Kier molecular flexibility index (Phi) is 4.10. The molecule has 1 heterocycles. The molecule has 78 valence electrons. The van der Waals surface area contributed by atoms with Gasteiger partial charge in [0.05, 0.1) is 11.7 Å². The highest BCUT2D eigenvalue weighted by Gasteiger charge is 2.26. The maximum absolute atomic E-state index is 11.1. The first-order valence-electron chi connectivity index (χ1n) is 4.46. The highest BCUT2D eigenvalue weighted by molar-refractivity contribution is 6.17. The molecule has 5 heteroatoms. The van der Waals surface area contributed by atoms with Gasteiger partial charge in [-0.2, -0.15) is 0 Å². The second-order valence-corrected chi connectivity index (χ2v) is 3.50. The predicted molar refractivity (Wildman–Crippen MR) is 51.8 cm³/mol. The molecule has 1 atom stereocenters. The molecular weight excluding hydrogens is 206 g/mol. The molecule has 2 N–H and O–H groups in total. The summed E-state index contributed by atoms with van der Waals surface area (Å²) in [6.45, 7) is 0. The topological polar surface area (TPSA) is 66.4 Å². The standard InChI is InChI=1S/C9H12ClNO3/c10-4-2-1-3-7(12)6-5-8(13)11-9(6)14/h5,7,12H,1-4H2,(H,11,13,14). The van der Waals surface area contributed by atoms with Gasteiger partial charge in [0.15, 0.2) is 0 Å². The first-order valence-corrected chi connectivity index (χ1v) is 4.99. The molecule has 0 saturated heterocycles. The van der Waals surface area contributed by atoms with Crippen molar-refractivity contribution in [3.8, 4) is 0 Å². The van der Waals surface area contributed by atoms with E-state index < -0.39 is 17.9 Å². The molecule has 0 bridgehead atoms. The van der Waals surface area contributed by atoms with E-state index >= 15 is 0 Å². The summed E-state index contributed by atoms with van der Waals surface area (Å²) in [6.07, 6.45) is 2.28. The number of aliphatic hydroxyl groups excluding tert-OH is 1. The molecule has 1 aliphatic heterocycles. The molecule has 0 aliphatic carbocycles. The number of hydrogen-bond donors (Lipinski definition) is 2. The van der Waals surface area contributed by atoms with Crippen molar-refractivity contribution in [2.75, 3.05) is 5.88 Å². The Bertz CT molecular complexity index is 275. The van der Waals surface area contributed by atoms with E-state index in [0.29, 0.717) is 12.3 Å². The van der Waals surface area contributed by atoms with Crippen molar-refractivity contribution in [1.29, 1.82) is 0 Å². The van der Waals surface area contributed by atoms with Gasteiger partial charge in [-0.3, -0.25) is 14.9 Å². The fraction of sp³-hybridized carbons (Fsp3) is 0.556. The summed E-state index contributed by atoms with van der Waals surface area (Å²) in [7, 11) is 0. The van der Waals surface area contributed by atoms with E-state index in [-0.39, 0.29) is 5.57 Å². The quantitative estimate of drug-likeness (QED) is 0.397. The van der Waals surface area contributed by atoms with Gasteiger partial charge in [-0.05, 0) is 19.3 Å². The lowest BCUT2D eigenvalue weighted by Gasteiger charge is -2.08. The smallest absolute Gasteiger partial charge is 0.256 e. The Labute approximate surface area is 86.9 Å². The number of unbranched alkanes of at least 4 members (excludes halogenated alkanes) is 1. The summed E-state index contributed by atoms with van der Waals surface area (Å²) in [5.74, 6) is -0.411. The van der Waals surface area contributed by atoms with E-state index in [2.05, 4.69) is 5.32 Å². The lowest BCUT2D eigenvalue weighted by Crippen LogP contribution is -2.26. The van der Waals surface area contributed by atoms with Gasteiger partial charge in [-0.15, -0.1) is 11.6 Å². The molecule has 0 aromatic heterocycles. The SMILES string of the molecule is O=C1C=C(C(O)CCCCCl)C(=O)N1. The van der Waals surface area contributed by atoms with E-state index in [1.165, 1.54) is 0 Å². The Morgan fingerprint density at radius 1 is 1.43 bits per heavy atom. The largest absolute Gasteiger partial charge is 0.388 e. The van der Waals surface area contributed by atoms with Crippen LogP contribution in [0.4, 0.5) is 0 Å². The van der Waals surface area contributed by atoms with Gasteiger partial charge in [-0.1, -0.05) is 0 Å². The average molecular weight is 218 g/mol. The molecule has 0 spiro atoms. The molecule has 0 aromatic carbocycles. The van der Waals surface area contributed by atoms with Crippen molar-refractivity contribution < 1.29 is 14.7 Å². The minimum Gasteiger partial charge on any atom is -0.388 e. The van der Waals surface area contributed by atoms with Crippen LogP contribution in [-0.4, -0.2) is 28.9 Å². The van der Waals surface area contributed by atoms with Gasteiger partial charge >= 0.3 is 0 Å². The van der Waals surface area contributed by atoms with Crippen LogP contribution in [-0.2, 0) is 9.59 Å². The molecule has 14 heavy (non-hydrogen) atoms. The van der Waals surface area contributed by atoms with Crippen LogP contribution >= 0.6 is 11.6 Å². The second-order valence-electron chi connectivity index (χ2n) is 3.12. The number of hydrogen-bond acceptors (Lipinski definition) is 3. The summed E-state index contributed by atoms with van der Waals surface area (Å²) in [4.78, 5) is 21.8. The zero-order valence-electron chi connectivity index (χ0n) is 7.62. The number of amides is 2. The first kappa shape index (κ1) is 11.2. The van der Waals surface area contributed by atoms with Crippen LogP contribution in [0.2, 0.25) is 0 Å². The second kappa shape index (κ2) is 5.12. The number of aliphatic hydroxyl groups is 1. The van der Waals surface area contributed by atoms with Gasteiger partial charge < -0.3 is 5.11 Å². The molecular formula is C9H12ClNO3. The monoisotopic (exact) mass is 217 g/mol. The molecule has 1 rings (SSSR count).